The summed E-state index contributed by atoms with van der Waals surface area (Å²) in [5, 5.41) is 2.88. The van der Waals surface area contributed by atoms with Crippen LogP contribution in [0.4, 0.5) is 5.69 Å². The van der Waals surface area contributed by atoms with Gasteiger partial charge in [0.15, 0.2) is 5.78 Å². The van der Waals surface area contributed by atoms with Crippen LogP contribution in [0.2, 0.25) is 0 Å². The van der Waals surface area contributed by atoms with Gasteiger partial charge in [-0.15, -0.1) is 0 Å². The van der Waals surface area contributed by atoms with Gasteiger partial charge in [0.25, 0.3) is 0 Å². The number of ketones is 1. The van der Waals surface area contributed by atoms with Crippen molar-refractivity contribution in [2.75, 3.05) is 5.32 Å². The van der Waals surface area contributed by atoms with Crippen LogP contribution in [0, 0.1) is 24.3 Å². The second-order valence-corrected chi connectivity index (χ2v) is 6.99. The Morgan fingerprint density at radius 1 is 0.957 bits per heavy atom. The molecule has 120 valence electrons. The van der Waals surface area contributed by atoms with Gasteiger partial charge in [-0.25, -0.2) is 0 Å². The minimum Gasteiger partial charge on any atom is -0.326 e. The average Bonchev–Trinajstić information content (AvgIpc) is 2.50. The fourth-order valence-corrected chi connectivity index (χ4v) is 3.02. The minimum atomic E-state index is -0.132. The molecule has 0 saturated carbocycles. The molecule has 0 spiro atoms. The molecule has 2 rings (SSSR count). The zero-order valence-electron chi connectivity index (χ0n) is 13.6. The number of nitrogens with one attached hydrogen (secondary N) is 1. The summed E-state index contributed by atoms with van der Waals surface area (Å²) in [6.07, 6.45) is 0.414. The standard InChI is InChI=1S/C19H20INO2/c1-12-4-5-13(2)16(10-12)18(22)8-9-19(23)21-17-7-6-15(20)11-14(17)3/h4-7,10-11H,8-9H2,1-3H3,(H,21,23). The molecule has 23 heavy (non-hydrogen) atoms. The maximum Gasteiger partial charge on any atom is 0.224 e. The summed E-state index contributed by atoms with van der Waals surface area (Å²) in [5.74, 6) is -0.117. The van der Waals surface area contributed by atoms with E-state index in [9.17, 15) is 9.59 Å². The van der Waals surface area contributed by atoms with Crippen LogP contribution >= 0.6 is 22.6 Å². The molecule has 0 aliphatic heterocycles. The van der Waals surface area contributed by atoms with Gasteiger partial charge in [-0.3, -0.25) is 9.59 Å². The van der Waals surface area contributed by atoms with Crippen molar-refractivity contribution >= 4 is 40.0 Å². The van der Waals surface area contributed by atoms with Crippen LogP contribution < -0.4 is 5.32 Å². The number of carbonyl (C=O) groups excluding carboxylic acids is 2. The number of anilines is 1. The molecule has 0 aliphatic rings. The Bertz CT molecular complexity index is 753. The monoisotopic (exact) mass is 421 g/mol. The Balaban J connectivity index is 1.96. The van der Waals surface area contributed by atoms with Crippen molar-refractivity contribution < 1.29 is 9.59 Å². The van der Waals surface area contributed by atoms with E-state index in [4.69, 9.17) is 0 Å². The molecule has 2 aromatic rings. The van der Waals surface area contributed by atoms with E-state index < -0.39 is 0 Å². The normalized spacial score (nSPS) is 10.4. The van der Waals surface area contributed by atoms with Crippen LogP contribution in [0.15, 0.2) is 36.4 Å². The quantitative estimate of drug-likeness (QED) is 0.556. The number of rotatable bonds is 5. The first-order valence-corrected chi connectivity index (χ1v) is 8.61. The van der Waals surface area contributed by atoms with Gasteiger partial charge in [-0.05, 0) is 78.8 Å². The lowest BCUT2D eigenvalue weighted by Crippen LogP contribution is -2.14. The lowest BCUT2D eigenvalue weighted by Gasteiger charge is -2.09. The molecule has 2 aromatic carbocycles. The topological polar surface area (TPSA) is 46.2 Å². The van der Waals surface area contributed by atoms with Crippen LogP contribution in [-0.2, 0) is 4.79 Å². The van der Waals surface area contributed by atoms with Crippen molar-refractivity contribution in [3.63, 3.8) is 0 Å². The summed E-state index contributed by atoms with van der Waals surface area (Å²) < 4.78 is 1.13. The number of Topliss-reactive ketones (excluding diaryl/α,β-unsaturated/α-hetero) is 1. The summed E-state index contributed by atoms with van der Waals surface area (Å²) >= 11 is 2.24. The predicted octanol–water partition coefficient (Wildman–Crippen LogP) is 4.82. The van der Waals surface area contributed by atoms with Crippen LogP contribution in [-0.4, -0.2) is 11.7 Å². The summed E-state index contributed by atoms with van der Waals surface area (Å²) in [5.41, 5.74) is 4.54. The molecular weight excluding hydrogens is 401 g/mol. The molecule has 0 aromatic heterocycles. The van der Waals surface area contributed by atoms with E-state index >= 15 is 0 Å². The van der Waals surface area contributed by atoms with Crippen LogP contribution in [0.1, 0.15) is 39.9 Å². The SMILES string of the molecule is Cc1ccc(C)c(C(=O)CCC(=O)Nc2ccc(I)cc2C)c1. The molecule has 0 unspecified atom stereocenters. The molecule has 1 N–H and O–H groups in total. The molecule has 0 bridgehead atoms. The number of aryl methyl sites for hydroxylation is 3. The molecule has 0 aliphatic carbocycles. The summed E-state index contributed by atoms with van der Waals surface area (Å²) in [6, 6.07) is 11.7. The van der Waals surface area contributed by atoms with Crippen molar-refractivity contribution in [2.45, 2.75) is 33.6 Å². The van der Waals surface area contributed by atoms with Crippen molar-refractivity contribution in [1.29, 1.82) is 0 Å². The van der Waals surface area contributed by atoms with Gasteiger partial charge in [0.2, 0.25) is 5.91 Å². The van der Waals surface area contributed by atoms with Crippen molar-refractivity contribution in [1.82, 2.24) is 0 Å². The Morgan fingerprint density at radius 3 is 2.39 bits per heavy atom. The molecule has 0 atom stereocenters. The Morgan fingerprint density at radius 2 is 1.70 bits per heavy atom. The van der Waals surface area contributed by atoms with Crippen molar-refractivity contribution in [2.24, 2.45) is 0 Å². The Labute approximate surface area is 150 Å². The largest absolute Gasteiger partial charge is 0.326 e. The summed E-state index contributed by atoms with van der Waals surface area (Å²) in [4.78, 5) is 24.4. The molecule has 0 fully saturated rings. The molecular formula is C19H20INO2. The second kappa shape index (κ2) is 7.73. The lowest BCUT2D eigenvalue weighted by atomic mass is 9.99. The van der Waals surface area contributed by atoms with Crippen molar-refractivity contribution in [3.05, 3.63) is 62.2 Å². The summed E-state index contributed by atoms with van der Waals surface area (Å²) in [7, 11) is 0. The van der Waals surface area contributed by atoms with Crippen LogP contribution in [0.25, 0.3) is 0 Å². The van der Waals surface area contributed by atoms with Crippen LogP contribution in [0.3, 0.4) is 0 Å². The number of hydrogen-bond donors (Lipinski definition) is 1. The lowest BCUT2D eigenvalue weighted by molar-refractivity contribution is -0.116. The molecule has 0 heterocycles. The smallest absolute Gasteiger partial charge is 0.224 e. The second-order valence-electron chi connectivity index (χ2n) is 5.75. The van der Waals surface area contributed by atoms with Gasteiger partial charge in [0, 0.05) is 27.7 Å². The van der Waals surface area contributed by atoms with Gasteiger partial charge < -0.3 is 5.32 Å². The number of halogens is 1. The minimum absolute atomic E-state index is 0.0145. The predicted molar refractivity (Wildman–Crippen MR) is 102 cm³/mol. The Hall–Kier alpha value is -1.69. The van der Waals surface area contributed by atoms with E-state index in [-0.39, 0.29) is 24.5 Å². The third-order valence-electron chi connectivity index (χ3n) is 3.74. The highest BCUT2D eigenvalue weighted by Gasteiger charge is 2.12. The van der Waals surface area contributed by atoms with E-state index in [1.165, 1.54) is 0 Å². The van der Waals surface area contributed by atoms with Gasteiger partial charge in [-0.1, -0.05) is 17.7 Å². The number of carbonyl (C=O) groups is 2. The van der Waals surface area contributed by atoms with Crippen LogP contribution in [0.5, 0.6) is 0 Å². The van der Waals surface area contributed by atoms with E-state index in [1.54, 1.807) is 0 Å². The summed E-state index contributed by atoms with van der Waals surface area (Å²) in [6.45, 7) is 5.84. The van der Waals surface area contributed by atoms with Gasteiger partial charge in [-0.2, -0.15) is 0 Å². The number of benzene rings is 2. The first kappa shape index (κ1) is 17.7. The number of hydrogen-bond acceptors (Lipinski definition) is 2. The van der Waals surface area contributed by atoms with E-state index in [0.717, 1.165) is 25.9 Å². The highest BCUT2D eigenvalue weighted by molar-refractivity contribution is 14.1. The first-order valence-electron chi connectivity index (χ1n) is 7.53. The number of amides is 1. The van der Waals surface area contributed by atoms with Gasteiger partial charge in [0.1, 0.15) is 0 Å². The van der Waals surface area contributed by atoms with E-state index in [1.807, 2.05) is 57.2 Å². The maximum atomic E-state index is 12.3. The maximum absolute atomic E-state index is 12.3. The highest BCUT2D eigenvalue weighted by atomic mass is 127. The average molecular weight is 421 g/mol. The highest BCUT2D eigenvalue weighted by Crippen LogP contribution is 2.19. The Kier molecular flexibility index (Phi) is 5.93. The van der Waals surface area contributed by atoms with Crippen molar-refractivity contribution in [3.8, 4) is 0 Å². The van der Waals surface area contributed by atoms with E-state index in [0.29, 0.717) is 5.56 Å². The zero-order valence-corrected chi connectivity index (χ0v) is 15.7. The van der Waals surface area contributed by atoms with Gasteiger partial charge >= 0.3 is 0 Å². The fourth-order valence-electron chi connectivity index (χ4n) is 2.38. The molecule has 1 amide bonds. The molecule has 0 saturated heterocycles. The molecule has 0 radical (unpaired) electrons. The third-order valence-corrected chi connectivity index (χ3v) is 4.41. The van der Waals surface area contributed by atoms with Gasteiger partial charge in [0.05, 0.1) is 0 Å². The zero-order chi connectivity index (χ0) is 17.0. The first-order chi connectivity index (χ1) is 10.9. The molecule has 4 heteroatoms. The van der Waals surface area contributed by atoms with E-state index in [2.05, 4.69) is 27.9 Å². The fraction of sp³-hybridized carbons (Fsp3) is 0.263. The third kappa shape index (κ3) is 4.89. The molecule has 3 nitrogen and oxygen atoms in total.